The van der Waals surface area contributed by atoms with Crippen LogP contribution in [0.15, 0.2) is 44.2 Å². The molecule has 0 aliphatic rings. The third kappa shape index (κ3) is 7.86. The molecule has 10 nitrogen and oxygen atoms in total. The van der Waals surface area contributed by atoms with E-state index in [-0.39, 0.29) is 41.7 Å². The van der Waals surface area contributed by atoms with Gasteiger partial charge in [0.05, 0.1) is 31.1 Å². The van der Waals surface area contributed by atoms with Crippen LogP contribution in [0.5, 0.6) is 5.75 Å². The van der Waals surface area contributed by atoms with E-state index in [0.29, 0.717) is 11.3 Å². The number of carbonyl (C=O) groups is 1. The summed E-state index contributed by atoms with van der Waals surface area (Å²) in [5.74, 6) is -0.692. The first-order valence-electron chi connectivity index (χ1n) is 12.1. The molecule has 0 bridgehead atoms. The molecule has 1 aromatic carbocycles. The van der Waals surface area contributed by atoms with Crippen LogP contribution in [0.3, 0.4) is 0 Å². The molecule has 1 aromatic heterocycles. The van der Waals surface area contributed by atoms with E-state index in [0.717, 1.165) is 9.24 Å². The summed E-state index contributed by atoms with van der Waals surface area (Å²) in [4.78, 5) is 44.4. The lowest BCUT2D eigenvalue weighted by atomic mass is 10.0. The molecule has 2 aromatic rings. The van der Waals surface area contributed by atoms with E-state index < -0.39 is 23.1 Å². The van der Waals surface area contributed by atoms with Gasteiger partial charge in [-0.05, 0) is 44.9 Å². The average molecular weight is 518 g/mol. The number of benzene rings is 1. The molecule has 1 atom stereocenters. The number of rotatable bonds is 11. The Bertz CT molecular complexity index is 1280. The average Bonchev–Trinajstić information content (AvgIpc) is 2.83. The van der Waals surface area contributed by atoms with Crippen molar-refractivity contribution in [1.82, 2.24) is 14.6 Å². The quantitative estimate of drug-likeness (QED) is 0.363. The number of ether oxygens (including phenoxy) is 1. The Hall–Kier alpha value is -3.76. The number of methoxy groups -OCH3 is 1. The predicted octanol–water partition coefficient (Wildman–Crippen LogP) is 2.99. The van der Waals surface area contributed by atoms with Crippen LogP contribution >= 0.6 is 0 Å². The predicted molar refractivity (Wildman–Crippen MR) is 141 cm³/mol. The van der Waals surface area contributed by atoms with E-state index in [2.05, 4.69) is 15.6 Å². The molecule has 1 amide bonds. The maximum atomic E-state index is 13.8. The molecule has 1 N–H and O–H groups in total. The van der Waals surface area contributed by atoms with Crippen LogP contribution in [0.25, 0.3) is 0 Å². The fourth-order valence-corrected chi connectivity index (χ4v) is 3.21. The van der Waals surface area contributed by atoms with E-state index in [1.807, 2.05) is 13.8 Å². The summed E-state index contributed by atoms with van der Waals surface area (Å²) in [5.41, 5.74) is -0.708. The Balaban J connectivity index is 2.68. The van der Waals surface area contributed by atoms with Crippen molar-refractivity contribution in [3.8, 4) is 5.75 Å². The minimum atomic E-state index is -0.734. The molecule has 0 radical (unpaired) electrons. The summed E-state index contributed by atoms with van der Waals surface area (Å²) < 4.78 is 21.0. The highest BCUT2D eigenvalue weighted by Crippen LogP contribution is 2.17. The largest absolute Gasteiger partial charge is 0.496 e. The number of carbonyl (C=O) groups excluding carboxylic acids is 1. The highest BCUT2D eigenvalue weighted by atomic mass is 19.1. The SMILES string of the molecule is COc1ccc(F)cc1/C=N/n1cc(/C(C)=N/OC(C)C)c(=O)n(C[C@@H](NC(=O)C(C)C)C(C)C)c1=O. The molecule has 0 spiro atoms. The first kappa shape index (κ1) is 29.5. The van der Waals surface area contributed by atoms with E-state index >= 15 is 0 Å². The minimum absolute atomic E-state index is 0.0785. The Morgan fingerprint density at radius 1 is 1.16 bits per heavy atom. The second-order valence-corrected chi connectivity index (χ2v) is 9.56. The van der Waals surface area contributed by atoms with Gasteiger partial charge < -0.3 is 14.9 Å². The Morgan fingerprint density at radius 3 is 2.41 bits per heavy atom. The maximum absolute atomic E-state index is 13.8. The van der Waals surface area contributed by atoms with Crippen molar-refractivity contribution < 1.29 is 18.8 Å². The van der Waals surface area contributed by atoms with Gasteiger partial charge in [0.25, 0.3) is 5.56 Å². The topological polar surface area (TPSA) is 116 Å². The van der Waals surface area contributed by atoms with Crippen molar-refractivity contribution >= 4 is 17.8 Å². The minimum Gasteiger partial charge on any atom is -0.496 e. The summed E-state index contributed by atoms with van der Waals surface area (Å²) in [5, 5.41) is 11.1. The molecule has 202 valence electrons. The fourth-order valence-electron chi connectivity index (χ4n) is 3.21. The highest BCUT2D eigenvalue weighted by molar-refractivity contribution is 5.97. The van der Waals surface area contributed by atoms with E-state index in [4.69, 9.17) is 9.57 Å². The molecule has 37 heavy (non-hydrogen) atoms. The Morgan fingerprint density at radius 2 is 1.84 bits per heavy atom. The molecule has 0 unspecified atom stereocenters. The lowest BCUT2D eigenvalue weighted by Gasteiger charge is -2.24. The zero-order chi connectivity index (χ0) is 27.9. The second-order valence-electron chi connectivity index (χ2n) is 9.56. The van der Waals surface area contributed by atoms with Gasteiger partial charge in [-0.1, -0.05) is 32.9 Å². The molecule has 11 heteroatoms. The van der Waals surface area contributed by atoms with Crippen LogP contribution in [-0.4, -0.2) is 46.3 Å². The molecule has 0 aliphatic carbocycles. The molecule has 0 fully saturated rings. The van der Waals surface area contributed by atoms with Gasteiger partial charge in [-0.25, -0.2) is 9.18 Å². The van der Waals surface area contributed by atoms with Crippen LogP contribution in [0.2, 0.25) is 0 Å². The summed E-state index contributed by atoms with van der Waals surface area (Å²) in [6.07, 6.45) is 2.29. The Kier molecular flexibility index (Phi) is 10.3. The number of hydrogen-bond donors (Lipinski definition) is 1. The summed E-state index contributed by atoms with van der Waals surface area (Å²) in [6.45, 7) is 12.4. The van der Waals surface area contributed by atoms with Crippen molar-refractivity contribution in [2.75, 3.05) is 7.11 Å². The van der Waals surface area contributed by atoms with Crippen molar-refractivity contribution in [1.29, 1.82) is 0 Å². The van der Waals surface area contributed by atoms with Gasteiger partial charge in [-0.15, -0.1) is 0 Å². The lowest BCUT2D eigenvalue weighted by molar-refractivity contribution is -0.125. The molecule has 1 heterocycles. The first-order valence-corrected chi connectivity index (χ1v) is 12.1. The van der Waals surface area contributed by atoms with Crippen molar-refractivity contribution in [2.24, 2.45) is 22.1 Å². The van der Waals surface area contributed by atoms with E-state index in [1.165, 1.54) is 37.7 Å². The molecule has 0 saturated heterocycles. The van der Waals surface area contributed by atoms with Gasteiger partial charge in [0.15, 0.2) is 0 Å². The van der Waals surface area contributed by atoms with E-state index in [1.54, 1.807) is 34.6 Å². The zero-order valence-corrected chi connectivity index (χ0v) is 22.6. The van der Waals surface area contributed by atoms with E-state index in [9.17, 15) is 18.8 Å². The molecule has 0 aliphatic heterocycles. The first-order chi connectivity index (χ1) is 17.3. The number of amides is 1. The van der Waals surface area contributed by atoms with Gasteiger partial charge in [-0.3, -0.25) is 14.2 Å². The smallest absolute Gasteiger partial charge is 0.351 e. The number of nitrogens with zero attached hydrogens (tertiary/aromatic N) is 4. The monoisotopic (exact) mass is 517 g/mol. The zero-order valence-electron chi connectivity index (χ0n) is 22.6. The van der Waals surface area contributed by atoms with Gasteiger partial charge >= 0.3 is 5.69 Å². The van der Waals surface area contributed by atoms with Gasteiger partial charge in [0.2, 0.25) is 5.91 Å². The number of aromatic nitrogens is 2. The van der Waals surface area contributed by atoms with Crippen molar-refractivity contribution in [3.05, 3.63) is 62.2 Å². The highest BCUT2D eigenvalue weighted by Gasteiger charge is 2.22. The van der Waals surface area contributed by atoms with Gasteiger partial charge in [0.1, 0.15) is 17.7 Å². The normalized spacial score (nSPS) is 13.0. The summed E-state index contributed by atoms with van der Waals surface area (Å²) >= 11 is 0. The van der Waals surface area contributed by atoms with Gasteiger partial charge in [-0.2, -0.15) is 9.78 Å². The lowest BCUT2D eigenvalue weighted by Crippen LogP contribution is -2.49. The number of hydrogen-bond acceptors (Lipinski definition) is 7. The molecular weight excluding hydrogens is 481 g/mol. The maximum Gasteiger partial charge on any atom is 0.351 e. The van der Waals surface area contributed by atoms with Crippen LogP contribution in [0, 0.1) is 17.7 Å². The van der Waals surface area contributed by atoms with Crippen molar-refractivity contribution in [3.63, 3.8) is 0 Å². The van der Waals surface area contributed by atoms with Crippen LogP contribution in [0.4, 0.5) is 4.39 Å². The number of nitrogens with one attached hydrogen (secondary N) is 1. The van der Waals surface area contributed by atoms with Crippen LogP contribution in [-0.2, 0) is 16.2 Å². The van der Waals surface area contributed by atoms with Crippen molar-refractivity contribution in [2.45, 2.75) is 67.2 Å². The third-order valence-corrected chi connectivity index (χ3v) is 5.49. The summed E-state index contributed by atoms with van der Waals surface area (Å²) in [6, 6.07) is 3.40. The molecule has 0 saturated carbocycles. The molecular formula is C26H36FN5O5. The number of oxime groups is 1. The fraction of sp³-hybridized carbons (Fsp3) is 0.500. The van der Waals surface area contributed by atoms with Crippen LogP contribution in [0.1, 0.15) is 59.6 Å². The Labute approximate surface area is 215 Å². The standard InChI is InChI=1S/C26H36FN5O5/c1-15(2)22(29-24(33)16(3)4)14-31-25(34)21(18(7)30-37-17(5)6)13-32(26(31)35)28-12-19-11-20(27)9-10-23(19)36-8/h9-13,15-17,22H,14H2,1-8H3,(H,29,33)/b28-12+,30-18+/t22-/m1/s1. The summed E-state index contributed by atoms with van der Waals surface area (Å²) in [7, 11) is 1.43. The molecule has 2 rings (SSSR count). The van der Waals surface area contributed by atoms with Gasteiger partial charge in [0, 0.05) is 23.7 Å². The third-order valence-electron chi connectivity index (χ3n) is 5.49. The number of halogens is 1. The second kappa shape index (κ2) is 13.0. The van der Waals surface area contributed by atoms with Crippen LogP contribution < -0.4 is 21.3 Å².